The van der Waals surface area contributed by atoms with Gasteiger partial charge in [-0.3, -0.25) is 10.4 Å². The number of ether oxygens (including phenoxy) is 1. The van der Waals surface area contributed by atoms with E-state index in [-0.39, 0.29) is 43.0 Å². The van der Waals surface area contributed by atoms with E-state index in [0.29, 0.717) is 12.8 Å². The Labute approximate surface area is 127 Å². The Morgan fingerprint density at radius 1 is 1.60 bits per heavy atom. The van der Waals surface area contributed by atoms with Gasteiger partial charge in [0.2, 0.25) is 0 Å². The van der Waals surface area contributed by atoms with Crippen LogP contribution in [0.15, 0.2) is 4.99 Å². The second-order valence-corrected chi connectivity index (χ2v) is 5.38. The topological polar surface area (TPSA) is 127 Å². The van der Waals surface area contributed by atoms with Gasteiger partial charge in [0.1, 0.15) is 17.0 Å². The lowest BCUT2D eigenvalue weighted by molar-refractivity contribution is 0.0278. The largest absolute Gasteiger partial charge is 0.394 e. The second kappa shape index (κ2) is 8.81. The number of amidine groups is 1. The number of rotatable bonds is 8. The molecule has 20 heavy (non-hydrogen) atoms. The highest BCUT2D eigenvalue weighted by Crippen LogP contribution is 2.30. The number of nitrogens with zero attached hydrogens (tertiary/aromatic N) is 1. The van der Waals surface area contributed by atoms with Crippen LogP contribution in [0.3, 0.4) is 0 Å². The lowest BCUT2D eigenvalue weighted by Crippen LogP contribution is -2.37. The van der Waals surface area contributed by atoms with Gasteiger partial charge in [-0.2, -0.15) is 0 Å². The van der Waals surface area contributed by atoms with Gasteiger partial charge in [-0.1, -0.05) is 11.6 Å². The standard InChI is InChI=1S/C11H21ClN4O3S/c1-20-19-8-5-6(18-3-2-17)4-7(8)16-11(15)9(13)10(12)14/h6-8,10,13,17H,2-5,14H2,1H3,(H2,15,16). The summed E-state index contributed by atoms with van der Waals surface area (Å²) in [7, 11) is 0. The van der Waals surface area contributed by atoms with Gasteiger partial charge in [0.15, 0.2) is 0 Å². The number of aliphatic imine (C=N–C) groups is 1. The van der Waals surface area contributed by atoms with Crippen molar-refractivity contribution in [2.75, 3.05) is 19.5 Å². The fraction of sp³-hybridized carbons (Fsp3) is 0.818. The van der Waals surface area contributed by atoms with Crippen LogP contribution < -0.4 is 11.5 Å². The monoisotopic (exact) mass is 324 g/mol. The van der Waals surface area contributed by atoms with Crippen LogP contribution in [-0.4, -0.2) is 59.9 Å². The van der Waals surface area contributed by atoms with Crippen LogP contribution in [0.4, 0.5) is 0 Å². The van der Waals surface area contributed by atoms with Crippen molar-refractivity contribution in [3.05, 3.63) is 0 Å². The lowest BCUT2D eigenvalue weighted by atomic mass is 10.2. The zero-order chi connectivity index (χ0) is 15.1. The molecule has 0 amide bonds. The summed E-state index contributed by atoms with van der Waals surface area (Å²) in [5.41, 5.74) is 10.0. The van der Waals surface area contributed by atoms with Gasteiger partial charge in [-0.25, -0.2) is 0 Å². The summed E-state index contributed by atoms with van der Waals surface area (Å²) in [4.78, 5) is 4.28. The Morgan fingerprint density at radius 3 is 2.85 bits per heavy atom. The molecule has 1 fully saturated rings. The molecule has 116 valence electrons. The van der Waals surface area contributed by atoms with Gasteiger partial charge < -0.3 is 25.5 Å². The van der Waals surface area contributed by atoms with Gasteiger partial charge in [0.25, 0.3) is 0 Å². The Balaban J connectivity index is 2.69. The summed E-state index contributed by atoms with van der Waals surface area (Å²) in [6.07, 6.45) is 2.92. The molecule has 0 radical (unpaired) electrons. The van der Waals surface area contributed by atoms with E-state index in [0.717, 1.165) is 0 Å². The van der Waals surface area contributed by atoms with Crippen molar-refractivity contribution in [3.8, 4) is 0 Å². The van der Waals surface area contributed by atoms with E-state index in [1.54, 1.807) is 0 Å². The van der Waals surface area contributed by atoms with E-state index in [4.69, 9.17) is 42.5 Å². The van der Waals surface area contributed by atoms with Crippen molar-refractivity contribution in [2.24, 2.45) is 16.5 Å². The third-order valence-corrected chi connectivity index (χ3v) is 3.61. The Morgan fingerprint density at radius 2 is 2.30 bits per heavy atom. The third kappa shape index (κ3) is 5.19. The molecule has 4 atom stereocenters. The molecule has 1 aliphatic carbocycles. The van der Waals surface area contributed by atoms with Crippen LogP contribution in [0.2, 0.25) is 0 Å². The summed E-state index contributed by atoms with van der Waals surface area (Å²) >= 11 is 6.86. The van der Waals surface area contributed by atoms with Crippen LogP contribution in [0.5, 0.6) is 0 Å². The third-order valence-electron chi connectivity index (χ3n) is 2.95. The Bertz CT molecular complexity index is 357. The van der Waals surface area contributed by atoms with E-state index in [1.807, 2.05) is 6.26 Å². The van der Waals surface area contributed by atoms with Gasteiger partial charge in [0, 0.05) is 12.7 Å². The van der Waals surface area contributed by atoms with Gasteiger partial charge in [-0.15, -0.1) is 0 Å². The van der Waals surface area contributed by atoms with Crippen LogP contribution in [0.1, 0.15) is 12.8 Å². The first kappa shape index (κ1) is 17.7. The molecule has 0 aromatic heterocycles. The van der Waals surface area contributed by atoms with Gasteiger partial charge >= 0.3 is 0 Å². The lowest BCUT2D eigenvalue weighted by Gasteiger charge is -2.15. The molecule has 0 aromatic carbocycles. The predicted molar refractivity (Wildman–Crippen MR) is 81.4 cm³/mol. The first-order chi connectivity index (χ1) is 9.49. The van der Waals surface area contributed by atoms with Crippen molar-refractivity contribution < 1.29 is 14.0 Å². The number of hydrogen-bond donors (Lipinski definition) is 4. The van der Waals surface area contributed by atoms with E-state index < -0.39 is 5.50 Å². The van der Waals surface area contributed by atoms with Crippen molar-refractivity contribution in [2.45, 2.75) is 36.6 Å². The first-order valence-electron chi connectivity index (χ1n) is 6.23. The van der Waals surface area contributed by atoms with E-state index >= 15 is 0 Å². The number of aliphatic hydroxyl groups excluding tert-OH is 1. The molecule has 0 bridgehead atoms. The average Bonchev–Trinajstić information content (AvgIpc) is 2.78. The highest BCUT2D eigenvalue weighted by atomic mass is 35.5. The molecule has 4 unspecified atom stereocenters. The zero-order valence-electron chi connectivity index (χ0n) is 11.3. The Hall–Kier alpha value is -0.380. The molecular weight excluding hydrogens is 304 g/mol. The smallest absolute Gasteiger partial charge is 0.142 e. The fourth-order valence-electron chi connectivity index (χ4n) is 2.04. The minimum absolute atomic E-state index is 0.0215. The molecule has 0 aliphatic heterocycles. The second-order valence-electron chi connectivity index (χ2n) is 4.39. The van der Waals surface area contributed by atoms with Crippen LogP contribution in [0, 0.1) is 5.41 Å². The number of aliphatic hydroxyl groups is 1. The molecule has 0 aromatic rings. The number of halogens is 1. The normalized spacial score (nSPS) is 28.6. The summed E-state index contributed by atoms with van der Waals surface area (Å²) < 4.78 is 11.0. The molecule has 0 saturated heterocycles. The van der Waals surface area contributed by atoms with Crippen LogP contribution >= 0.6 is 23.6 Å². The highest BCUT2D eigenvalue weighted by molar-refractivity contribution is 7.93. The van der Waals surface area contributed by atoms with Crippen molar-refractivity contribution in [3.63, 3.8) is 0 Å². The van der Waals surface area contributed by atoms with E-state index in [2.05, 4.69) is 4.99 Å². The maximum atomic E-state index is 8.78. The maximum absolute atomic E-state index is 8.78. The summed E-state index contributed by atoms with van der Waals surface area (Å²) in [5, 5.41) is 16.4. The van der Waals surface area contributed by atoms with Crippen molar-refractivity contribution in [1.29, 1.82) is 5.41 Å². The van der Waals surface area contributed by atoms with Crippen LogP contribution in [0.25, 0.3) is 0 Å². The SMILES string of the molecule is CSOC1CC(OCCO)CC1N=C(N)C(=N)C(N)Cl. The molecule has 0 heterocycles. The van der Waals surface area contributed by atoms with Crippen molar-refractivity contribution >= 4 is 35.2 Å². The van der Waals surface area contributed by atoms with Gasteiger partial charge in [0.05, 0.1) is 31.5 Å². The molecule has 6 N–H and O–H groups in total. The first-order valence-corrected chi connectivity index (χ1v) is 7.81. The summed E-state index contributed by atoms with van der Waals surface area (Å²) in [5.74, 6) is 0.0232. The van der Waals surface area contributed by atoms with E-state index in [1.165, 1.54) is 12.0 Å². The summed E-state index contributed by atoms with van der Waals surface area (Å²) in [6, 6.07) is -0.207. The summed E-state index contributed by atoms with van der Waals surface area (Å²) in [6.45, 7) is 0.261. The number of nitrogens with two attached hydrogens (primary N) is 2. The number of nitrogens with one attached hydrogen (secondary N) is 1. The molecule has 1 saturated carbocycles. The minimum Gasteiger partial charge on any atom is -0.394 e. The zero-order valence-corrected chi connectivity index (χ0v) is 12.9. The van der Waals surface area contributed by atoms with Crippen molar-refractivity contribution in [1.82, 2.24) is 0 Å². The molecule has 9 heteroatoms. The Kier molecular flexibility index (Phi) is 7.78. The average molecular weight is 325 g/mol. The van der Waals surface area contributed by atoms with Gasteiger partial charge in [-0.05, 0) is 18.5 Å². The fourth-order valence-corrected chi connectivity index (χ4v) is 2.61. The molecular formula is C11H21ClN4O3S. The molecule has 7 nitrogen and oxygen atoms in total. The highest BCUT2D eigenvalue weighted by Gasteiger charge is 2.36. The minimum atomic E-state index is -0.971. The number of hydrogen-bond acceptors (Lipinski definition) is 7. The molecule has 1 rings (SSSR count). The number of alkyl halides is 1. The predicted octanol–water partition coefficient (Wildman–Crippen LogP) is 0.0901. The molecule has 0 spiro atoms. The quantitative estimate of drug-likeness (QED) is 0.165. The van der Waals surface area contributed by atoms with Crippen LogP contribution in [-0.2, 0) is 8.92 Å². The molecule has 1 aliphatic rings. The maximum Gasteiger partial charge on any atom is 0.142 e. The van der Waals surface area contributed by atoms with E-state index in [9.17, 15) is 0 Å².